The molecule has 2 aliphatic rings. The van der Waals surface area contributed by atoms with Gasteiger partial charge in [0.15, 0.2) is 0 Å². The topological polar surface area (TPSA) is 45.2 Å². The fraction of sp³-hybridized carbons (Fsp3) is 0.529. The van der Waals surface area contributed by atoms with Gasteiger partial charge >= 0.3 is 6.03 Å². The quantitative estimate of drug-likeness (QED) is 0.845. The predicted molar refractivity (Wildman–Crippen MR) is 93.7 cm³/mol. The van der Waals surface area contributed by atoms with Crippen LogP contribution < -0.4 is 5.32 Å². The summed E-state index contributed by atoms with van der Waals surface area (Å²) in [6.45, 7) is 2.74. The van der Waals surface area contributed by atoms with Crippen LogP contribution in [0.1, 0.15) is 47.3 Å². The van der Waals surface area contributed by atoms with Gasteiger partial charge in [0.05, 0.1) is 12.6 Å². The number of nitrogens with one attached hydrogen (secondary N) is 1. The second-order valence-corrected chi connectivity index (χ2v) is 8.45. The van der Waals surface area contributed by atoms with Crippen LogP contribution in [-0.2, 0) is 6.54 Å². The molecular weight excluding hydrogens is 326 g/mol. The zero-order chi connectivity index (χ0) is 15.8. The number of aromatic nitrogens is 1. The summed E-state index contributed by atoms with van der Waals surface area (Å²) in [5.74, 6) is 0.562. The smallest absolute Gasteiger partial charge is 0.318 e. The molecule has 2 saturated carbocycles. The van der Waals surface area contributed by atoms with E-state index < -0.39 is 0 Å². The maximum absolute atomic E-state index is 12.9. The van der Waals surface area contributed by atoms with E-state index in [2.05, 4.69) is 27.1 Å². The van der Waals surface area contributed by atoms with Crippen molar-refractivity contribution in [1.29, 1.82) is 0 Å². The Kier molecular flexibility index (Phi) is 4.11. The van der Waals surface area contributed by atoms with Crippen molar-refractivity contribution in [1.82, 2.24) is 15.2 Å². The maximum atomic E-state index is 12.9. The Morgan fingerprint density at radius 3 is 2.78 bits per heavy atom. The first-order valence-corrected chi connectivity index (χ1v) is 9.98. The van der Waals surface area contributed by atoms with Crippen molar-refractivity contribution in [3.63, 3.8) is 0 Å². The largest absolute Gasteiger partial charge is 0.328 e. The third-order valence-corrected chi connectivity index (χ3v) is 6.34. The molecule has 0 aliphatic heterocycles. The molecule has 0 bridgehead atoms. The average Bonchev–Trinajstić information content (AvgIpc) is 3.46. The van der Waals surface area contributed by atoms with Crippen LogP contribution in [0.2, 0.25) is 0 Å². The lowest BCUT2D eigenvalue weighted by atomic mass is 10.2. The molecule has 1 N–H and O–H groups in total. The first-order valence-electron chi connectivity index (χ1n) is 8.22. The molecule has 0 radical (unpaired) electrons. The van der Waals surface area contributed by atoms with Crippen molar-refractivity contribution in [3.8, 4) is 0 Å². The van der Waals surface area contributed by atoms with Gasteiger partial charge in [0, 0.05) is 22.0 Å². The van der Waals surface area contributed by atoms with E-state index in [9.17, 15) is 4.79 Å². The van der Waals surface area contributed by atoms with Crippen LogP contribution in [-0.4, -0.2) is 22.0 Å². The maximum Gasteiger partial charge on any atom is 0.318 e. The van der Waals surface area contributed by atoms with Gasteiger partial charge in [0.1, 0.15) is 5.01 Å². The molecule has 23 heavy (non-hydrogen) atoms. The lowest BCUT2D eigenvalue weighted by molar-refractivity contribution is 0.187. The summed E-state index contributed by atoms with van der Waals surface area (Å²) in [7, 11) is 0. The van der Waals surface area contributed by atoms with Crippen LogP contribution in [0.5, 0.6) is 0 Å². The number of amides is 2. The Labute approximate surface area is 144 Å². The summed E-state index contributed by atoms with van der Waals surface area (Å²) < 4.78 is 0. The lowest BCUT2D eigenvalue weighted by Gasteiger charge is -2.25. The van der Waals surface area contributed by atoms with Gasteiger partial charge in [-0.3, -0.25) is 0 Å². The van der Waals surface area contributed by atoms with Crippen LogP contribution in [0.15, 0.2) is 22.9 Å². The lowest BCUT2D eigenvalue weighted by Crippen LogP contribution is -2.43. The monoisotopic (exact) mass is 347 g/mol. The highest BCUT2D eigenvalue weighted by Gasteiger charge is 2.38. The van der Waals surface area contributed by atoms with E-state index in [1.54, 1.807) is 22.7 Å². The number of hydrogen-bond acceptors (Lipinski definition) is 4. The Morgan fingerprint density at radius 2 is 2.22 bits per heavy atom. The Balaban J connectivity index is 1.47. The third-order valence-electron chi connectivity index (χ3n) is 4.43. The molecule has 4 rings (SSSR count). The summed E-state index contributed by atoms with van der Waals surface area (Å²) in [5.41, 5.74) is 1.04. The molecular formula is C17H21N3OS2. The van der Waals surface area contributed by atoms with Crippen LogP contribution in [0.25, 0.3) is 0 Å². The summed E-state index contributed by atoms with van der Waals surface area (Å²) in [5, 5.41) is 8.49. The summed E-state index contributed by atoms with van der Waals surface area (Å²) in [4.78, 5) is 20.7. The SMILES string of the molecule is Cc1csc([C@@H](NC(=O)N(Cc2cccs2)C2CC2)C2CC2)n1. The average molecular weight is 348 g/mol. The molecule has 0 saturated heterocycles. The van der Waals surface area contributed by atoms with Gasteiger partial charge < -0.3 is 10.2 Å². The van der Waals surface area contributed by atoms with Crippen LogP contribution >= 0.6 is 22.7 Å². The molecule has 2 aliphatic carbocycles. The van der Waals surface area contributed by atoms with Gasteiger partial charge in [-0.25, -0.2) is 9.78 Å². The second-order valence-electron chi connectivity index (χ2n) is 6.53. The first kappa shape index (κ1) is 15.1. The fourth-order valence-electron chi connectivity index (χ4n) is 2.87. The van der Waals surface area contributed by atoms with Crippen LogP contribution in [0.4, 0.5) is 4.79 Å². The number of thiazole rings is 1. The van der Waals surface area contributed by atoms with Crippen molar-refractivity contribution in [3.05, 3.63) is 38.5 Å². The normalized spacial score (nSPS) is 18.7. The van der Waals surface area contributed by atoms with Crippen molar-refractivity contribution >= 4 is 28.7 Å². The zero-order valence-corrected chi connectivity index (χ0v) is 14.8. The molecule has 122 valence electrons. The van der Waals surface area contributed by atoms with E-state index in [1.807, 2.05) is 17.9 Å². The molecule has 0 aromatic carbocycles. The van der Waals surface area contributed by atoms with E-state index in [0.717, 1.165) is 30.1 Å². The number of urea groups is 1. The molecule has 6 heteroatoms. The minimum atomic E-state index is 0.0747. The van der Waals surface area contributed by atoms with E-state index in [1.165, 1.54) is 17.7 Å². The second kappa shape index (κ2) is 6.24. The molecule has 0 spiro atoms. The fourth-order valence-corrected chi connectivity index (χ4v) is 4.51. The molecule has 2 amide bonds. The van der Waals surface area contributed by atoms with Crippen molar-refractivity contribution in [2.45, 2.75) is 51.2 Å². The van der Waals surface area contributed by atoms with E-state index in [0.29, 0.717) is 12.0 Å². The summed E-state index contributed by atoms with van der Waals surface area (Å²) in [6, 6.07) is 4.73. The molecule has 1 atom stereocenters. The van der Waals surface area contributed by atoms with Gasteiger partial charge in [-0.1, -0.05) is 6.07 Å². The van der Waals surface area contributed by atoms with Gasteiger partial charge in [-0.2, -0.15) is 0 Å². The Bertz CT molecular complexity index is 674. The number of carbonyl (C=O) groups excluding carboxylic acids is 1. The van der Waals surface area contributed by atoms with Gasteiger partial charge in [0.25, 0.3) is 0 Å². The van der Waals surface area contributed by atoms with Crippen molar-refractivity contribution in [2.75, 3.05) is 0 Å². The van der Waals surface area contributed by atoms with Crippen molar-refractivity contribution in [2.24, 2.45) is 5.92 Å². The highest BCUT2D eigenvalue weighted by Crippen LogP contribution is 2.42. The van der Waals surface area contributed by atoms with E-state index in [4.69, 9.17) is 0 Å². The number of hydrogen-bond donors (Lipinski definition) is 1. The number of nitrogens with zero attached hydrogens (tertiary/aromatic N) is 2. The molecule has 2 aromatic heterocycles. The van der Waals surface area contributed by atoms with E-state index >= 15 is 0 Å². The molecule has 2 aromatic rings. The number of carbonyl (C=O) groups is 1. The standard InChI is InChI=1S/C17H21N3OS2/c1-11-10-23-16(18-11)15(12-4-5-12)19-17(21)20(13-6-7-13)9-14-3-2-8-22-14/h2-3,8,10,12-13,15H,4-7,9H2,1H3,(H,19,21)/t15-/m0/s1. The molecule has 2 fully saturated rings. The Morgan fingerprint density at radius 1 is 1.39 bits per heavy atom. The molecule has 0 unspecified atom stereocenters. The van der Waals surface area contributed by atoms with Gasteiger partial charge in [-0.05, 0) is 50.0 Å². The summed E-state index contributed by atoms with van der Waals surface area (Å²) >= 11 is 3.39. The van der Waals surface area contributed by atoms with Gasteiger partial charge in [0.2, 0.25) is 0 Å². The number of thiophene rings is 1. The van der Waals surface area contributed by atoms with Crippen molar-refractivity contribution < 1.29 is 4.79 Å². The predicted octanol–water partition coefficient (Wildman–Crippen LogP) is 4.34. The van der Waals surface area contributed by atoms with Crippen LogP contribution in [0.3, 0.4) is 0 Å². The first-order chi connectivity index (χ1) is 11.2. The van der Waals surface area contributed by atoms with Crippen LogP contribution in [0, 0.1) is 12.8 Å². The Hall–Kier alpha value is -1.40. The minimum Gasteiger partial charge on any atom is -0.328 e. The molecule has 2 heterocycles. The molecule has 4 nitrogen and oxygen atoms in total. The number of rotatable bonds is 6. The van der Waals surface area contributed by atoms with E-state index in [-0.39, 0.29) is 12.1 Å². The third kappa shape index (κ3) is 3.58. The number of aryl methyl sites for hydroxylation is 1. The highest BCUT2D eigenvalue weighted by atomic mass is 32.1. The zero-order valence-electron chi connectivity index (χ0n) is 13.2. The minimum absolute atomic E-state index is 0.0747. The van der Waals surface area contributed by atoms with Gasteiger partial charge in [-0.15, -0.1) is 22.7 Å². The summed E-state index contributed by atoms with van der Waals surface area (Å²) in [6.07, 6.45) is 4.64. The highest BCUT2D eigenvalue weighted by molar-refractivity contribution is 7.10.